The molecule has 4 heterocycles. The Balaban J connectivity index is 1.36. The van der Waals surface area contributed by atoms with Crippen molar-refractivity contribution in [3.63, 3.8) is 0 Å². The molecule has 1 aliphatic rings. The number of hydrogen-bond donors (Lipinski definition) is 1. The average Bonchev–Trinajstić information content (AvgIpc) is 3.48. The van der Waals surface area contributed by atoms with E-state index in [0.717, 1.165) is 58.5 Å². The lowest BCUT2D eigenvalue weighted by Crippen LogP contribution is -2.17. The lowest BCUT2D eigenvalue weighted by atomic mass is 10.2. The quantitative estimate of drug-likeness (QED) is 0.472. The largest absolute Gasteiger partial charge is 0.328 e. The van der Waals surface area contributed by atoms with E-state index < -0.39 is 0 Å². The van der Waals surface area contributed by atoms with Gasteiger partial charge in [0, 0.05) is 36.8 Å². The number of anilines is 1. The van der Waals surface area contributed by atoms with Gasteiger partial charge in [-0.15, -0.1) is 0 Å². The van der Waals surface area contributed by atoms with Crippen molar-refractivity contribution in [2.75, 3.05) is 5.32 Å². The number of nitrogens with zero attached hydrogens (tertiary/aromatic N) is 4. The molecule has 0 atom stereocenters. The van der Waals surface area contributed by atoms with Crippen LogP contribution in [0.1, 0.15) is 28.3 Å². The molecule has 1 N–H and O–H groups in total. The summed E-state index contributed by atoms with van der Waals surface area (Å²) in [7, 11) is 0. The number of carbonyl (C=O) groups excluding carboxylic acids is 1. The van der Waals surface area contributed by atoms with Gasteiger partial charge in [0.05, 0.1) is 11.0 Å². The molecule has 0 spiro atoms. The zero-order valence-electron chi connectivity index (χ0n) is 17.0. The van der Waals surface area contributed by atoms with E-state index in [-0.39, 0.29) is 5.91 Å². The summed E-state index contributed by atoms with van der Waals surface area (Å²) >= 11 is 0. The summed E-state index contributed by atoms with van der Waals surface area (Å²) < 4.78 is 4.24. The van der Waals surface area contributed by atoms with Crippen LogP contribution >= 0.6 is 0 Å². The minimum absolute atomic E-state index is 0.153. The molecule has 6 heteroatoms. The average molecular weight is 407 g/mol. The van der Waals surface area contributed by atoms with Gasteiger partial charge >= 0.3 is 0 Å². The monoisotopic (exact) mass is 407 g/mol. The molecule has 0 aliphatic carbocycles. The minimum atomic E-state index is -0.153. The van der Waals surface area contributed by atoms with Crippen LogP contribution in [0, 0.1) is 0 Å². The molecule has 0 saturated carbocycles. The third-order valence-electron chi connectivity index (χ3n) is 5.94. The minimum Gasteiger partial charge on any atom is -0.328 e. The lowest BCUT2D eigenvalue weighted by molar-refractivity contribution is 0.101. The summed E-state index contributed by atoms with van der Waals surface area (Å²) in [5.74, 6) is 0.979. The third-order valence-corrected chi connectivity index (χ3v) is 5.94. The topological polar surface area (TPSA) is 64.7 Å². The smallest absolute Gasteiger partial charge is 0.272 e. The van der Waals surface area contributed by atoms with Gasteiger partial charge in [-0.2, -0.15) is 0 Å². The van der Waals surface area contributed by atoms with Gasteiger partial charge in [0.1, 0.15) is 17.2 Å². The van der Waals surface area contributed by atoms with E-state index in [0.29, 0.717) is 12.2 Å². The van der Waals surface area contributed by atoms with Gasteiger partial charge in [0.15, 0.2) is 0 Å². The normalized spacial score (nSPS) is 13.0. The fourth-order valence-corrected chi connectivity index (χ4v) is 4.49. The number of aromatic nitrogens is 4. The number of benzene rings is 2. The highest BCUT2D eigenvalue weighted by Gasteiger charge is 2.19. The maximum Gasteiger partial charge on any atom is 0.272 e. The number of aryl methyl sites for hydroxylation is 2. The van der Waals surface area contributed by atoms with Crippen molar-refractivity contribution >= 4 is 33.7 Å². The number of amides is 1. The van der Waals surface area contributed by atoms with Crippen molar-refractivity contribution in [2.24, 2.45) is 0 Å². The summed E-state index contributed by atoms with van der Waals surface area (Å²) in [5.41, 5.74) is 5.32. The number of rotatable bonds is 4. The first kappa shape index (κ1) is 17.9. The molecule has 0 saturated heterocycles. The van der Waals surface area contributed by atoms with Crippen molar-refractivity contribution in [3.8, 4) is 0 Å². The van der Waals surface area contributed by atoms with Gasteiger partial charge in [-0.05, 0) is 48.4 Å². The molecular weight excluding hydrogens is 386 g/mol. The van der Waals surface area contributed by atoms with E-state index in [2.05, 4.69) is 27.0 Å². The van der Waals surface area contributed by atoms with Crippen molar-refractivity contribution in [1.82, 2.24) is 19.1 Å². The Morgan fingerprint density at radius 3 is 2.84 bits per heavy atom. The molecule has 0 radical (unpaired) electrons. The molecule has 0 unspecified atom stereocenters. The first-order valence-electron chi connectivity index (χ1n) is 10.5. The van der Waals surface area contributed by atoms with E-state index in [4.69, 9.17) is 4.98 Å². The standard InChI is InChI=1S/C25H21N5O/c31-25(27-19-10-11-21-20(15-19)28-23-9-5-13-29(21)23)22-14-18-8-4-12-26-24(18)30(22)16-17-6-2-1-3-7-17/h1-4,6-8,10-12,14-15H,5,9,13,16H2,(H,27,31). The van der Waals surface area contributed by atoms with Crippen LogP contribution in [0.5, 0.6) is 0 Å². The van der Waals surface area contributed by atoms with Gasteiger partial charge < -0.3 is 14.5 Å². The van der Waals surface area contributed by atoms with Gasteiger partial charge in [0.2, 0.25) is 0 Å². The number of hydrogen-bond acceptors (Lipinski definition) is 3. The van der Waals surface area contributed by atoms with E-state index in [9.17, 15) is 4.79 Å². The van der Waals surface area contributed by atoms with Crippen LogP contribution < -0.4 is 5.32 Å². The molecule has 0 fully saturated rings. The van der Waals surface area contributed by atoms with Crippen molar-refractivity contribution in [1.29, 1.82) is 0 Å². The van der Waals surface area contributed by atoms with Crippen LogP contribution in [0.4, 0.5) is 5.69 Å². The lowest BCUT2D eigenvalue weighted by Gasteiger charge is -2.11. The molecule has 1 aliphatic heterocycles. The Hall–Kier alpha value is -3.93. The SMILES string of the molecule is O=C(Nc1ccc2c(c1)nc1n2CCC1)c1cc2cccnc2n1Cc1ccccc1. The molecule has 5 aromatic rings. The summed E-state index contributed by atoms with van der Waals surface area (Å²) in [6, 6.07) is 21.9. The van der Waals surface area contributed by atoms with Gasteiger partial charge in [-0.1, -0.05) is 30.3 Å². The molecule has 6 rings (SSSR count). The first-order valence-corrected chi connectivity index (χ1v) is 10.5. The second kappa shape index (κ2) is 7.09. The zero-order chi connectivity index (χ0) is 20.8. The second-order valence-electron chi connectivity index (χ2n) is 7.96. The van der Waals surface area contributed by atoms with Crippen molar-refractivity contribution in [2.45, 2.75) is 25.9 Å². The van der Waals surface area contributed by atoms with Crippen LogP contribution in [0.3, 0.4) is 0 Å². The van der Waals surface area contributed by atoms with Crippen LogP contribution in [-0.4, -0.2) is 25.0 Å². The third kappa shape index (κ3) is 3.08. The van der Waals surface area contributed by atoms with Gasteiger partial charge in [0.25, 0.3) is 5.91 Å². The number of nitrogens with one attached hydrogen (secondary N) is 1. The van der Waals surface area contributed by atoms with E-state index in [1.165, 1.54) is 0 Å². The maximum atomic E-state index is 13.3. The highest BCUT2D eigenvalue weighted by molar-refractivity contribution is 6.06. The fourth-order valence-electron chi connectivity index (χ4n) is 4.49. The predicted molar refractivity (Wildman–Crippen MR) is 121 cm³/mol. The molecular formula is C25H21N5O. The molecule has 0 bridgehead atoms. The maximum absolute atomic E-state index is 13.3. The highest BCUT2D eigenvalue weighted by Crippen LogP contribution is 2.26. The van der Waals surface area contributed by atoms with Crippen LogP contribution in [-0.2, 0) is 19.5 Å². The van der Waals surface area contributed by atoms with E-state index in [1.807, 2.05) is 59.2 Å². The predicted octanol–water partition coefficient (Wildman–Crippen LogP) is 4.63. The first-order chi connectivity index (χ1) is 15.3. The Bertz CT molecular complexity index is 1430. The second-order valence-corrected chi connectivity index (χ2v) is 7.96. The highest BCUT2D eigenvalue weighted by atomic mass is 16.1. The fraction of sp³-hybridized carbons (Fsp3) is 0.160. The Morgan fingerprint density at radius 2 is 1.94 bits per heavy atom. The summed E-state index contributed by atoms with van der Waals surface area (Å²) in [4.78, 5) is 22.6. The van der Waals surface area contributed by atoms with Gasteiger partial charge in [-0.3, -0.25) is 4.79 Å². The molecule has 3 aromatic heterocycles. The Labute approximate surface area is 179 Å². The number of carbonyl (C=O) groups is 1. The Morgan fingerprint density at radius 1 is 1.03 bits per heavy atom. The van der Waals surface area contributed by atoms with E-state index >= 15 is 0 Å². The summed E-state index contributed by atoms with van der Waals surface area (Å²) in [6.07, 6.45) is 3.93. The van der Waals surface area contributed by atoms with Crippen LogP contribution in [0.2, 0.25) is 0 Å². The van der Waals surface area contributed by atoms with E-state index in [1.54, 1.807) is 6.20 Å². The van der Waals surface area contributed by atoms with Crippen molar-refractivity contribution < 1.29 is 4.79 Å². The summed E-state index contributed by atoms with van der Waals surface area (Å²) in [6.45, 7) is 1.60. The molecule has 1 amide bonds. The number of fused-ring (bicyclic) bond motifs is 4. The zero-order valence-corrected chi connectivity index (χ0v) is 17.0. The molecule has 6 nitrogen and oxygen atoms in total. The van der Waals surface area contributed by atoms with Crippen molar-refractivity contribution in [3.05, 3.63) is 90.0 Å². The molecule has 152 valence electrons. The van der Waals surface area contributed by atoms with Gasteiger partial charge in [-0.25, -0.2) is 9.97 Å². The Kier molecular flexibility index (Phi) is 4.09. The van der Waals surface area contributed by atoms with Crippen LogP contribution in [0.15, 0.2) is 72.9 Å². The summed E-state index contributed by atoms with van der Waals surface area (Å²) in [5, 5.41) is 4.01. The van der Waals surface area contributed by atoms with Crippen LogP contribution in [0.25, 0.3) is 22.1 Å². The number of pyridine rings is 1. The molecule has 2 aromatic carbocycles. The number of imidazole rings is 1. The molecule has 31 heavy (non-hydrogen) atoms.